The van der Waals surface area contributed by atoms with Crippen LogP contribution in [-0.4, -0.2) is 47.4 Å². The number of hydrogen-bond donors (Lipinski definition) is 1. The van der Waals surface area contributed by atoms with Gasteiger partial charge in [0.1, 0.15) is 0 Å². The zero-order chi connectivity index (χ0) is 21.0. The molecule has 2 aromatic carbocycles. The first-order valence-electron chi connectivity index (χ1n) is 8.46. The maximum Gasteiger partial charge on any atom is 0.296 e. The number of carbonyl (C=O) groups is 1. The molecule has 1 amide bonds. The smallest absolute Gasteiger partial charge is 0.296 e. The summed E-state index contributed by atoms with van der Waals surface area (Å²) >= 11 is 11.9. The van der Waals surface area contributed by atoms with Crippen molar-refractivity contribution in [1.82, 2.24) is 14.6 Å². The van der Waals surface area contributed by atoms with Gasteiger partial charge in [-0.25, -0.2) is 10.4 Å². The molecule has 3 aromatic rings. The minimum absolute atomic E-state index is 0.0246. The number of halogens is 2. The quantitative estimate of drug-likeness (QED) is 0.476. The number of benzene rings is 2. The van der Waals surface area contributed by atoms with Gasteiger partial charge in [-0.3, -0.25) is 9.59 Å². The Hall–Kier alpha value is -3.10. The Morgan fingerprint density at radius 2 is 2.00 bits per heavy atom. The highest BCUT2D eigenvalue weighted by Crippen LogP contribution is 2.21. The summed E-state index contributed by atoms with van der Waals surface area (Å²) in [6.07, 6.45) is 1.48. The SMILES string of the molecule is CN(C)C(=O)COn1c(N/N=C/c2ccc(Cl)c(Cl)c2)nc2ccccc2c1=O. The molecule has 0 aliphatic carbocycles. The van der Waals surface area contributed by atoms with Crippen molar-refractivity contribution in [3.63, 3.8) is 0 Å². The number of para-hydroxylation sites is 1. The Morgan fingerprint density at radius 3 is 2.72 bits per heavy atom. The normalized spacial score (nSPS) is 11.0. The van der Waals surface area contributed by atoms with Gasteiger partial charge in [-0.15, -0.1) is 4.73 Å². The third kappa shape index (κ3) is 4.85. The highest BCUT2D eigenvalue weighted by molar-refractivity contribution is 6.42. The molecule has 1 N–H and O–H groups in total. The molecule has 29 heavy (non-hydrogen) atoms. The van der Waals surface area contributed by atoms with Crippen molar-refractivity contribution in [3.8, 4) is 0 Å². The summed E-state index contributed by atoms with van der Waals surface area (Å²) in [4.78, 5) is 35.8. The maximum absolute atomic E-state index is 12.8. The van der Waals surface area contributed by atoms with Gasteiger partial charge in [-0.2, -0.15) is 5.10 Å². The highest BCUT2D eigenvalue weighted by Gasteiger charge is 2.14. The summed E-state index contributed by atoms with van der Waals surface area (Å²) in [5.41, 5.74) is 3.36. The summed E-state index contributed by atoms with van der Waals surface area (Å²) in [5, 5.41) is 5.25. The van der Waals surface area contributed by atoms with Gasteiger partial charge < -0.3 is 9.74 Å². The maximum atomic E-state index is 12.8. The van der Waals surface area contributed by atoms with E-state index in [1.165, 1.54) is 11.1 Å². The van der Waals surface area contributed by atoms with Gasteiger partial charge >= 0.3 is 0 Å². The number of nitrogens with zero attached hydrogens (tertiary/aromatic N) is 4. The first-order valence-corrected chi connectivity index (χ1v) is 9.22. The van der Waals surface area contributed by atoms with E-state index in [0.717, 1.165) is 4.73 Å². The number of hydrogen-bond acceptors (Lipinski definition) is 6. The molecule has 0 fully saturated rings. The average molecular weight is 434 g/mol. The summed E-state index contributed by atoms with van der Waals surface area (Å²) in [6, 6.07) is 11.8. The van der Waals surface area contributed by atoms with E-state index < -0.39 is 5.56 Å². The topological polar surface area (TPSA) is 88.8 Å². The van der Waals surface area contributed by atoms with Crippen LogP contribution in [0.1, 0.15) is 5.56 Å². The monoisotopic (exact) mass is 433 g/mol. The molecule has 0 aliphatic rings. The van der Waals surface area contributed by atoms with Crippen molar-refractivity contribution in [3.05, 3.63) is 68.4 Å². The predicted octanol–water partition coefficient (Wildman–Crippen LogP) is 2.67. The lowest BCUT2D eigenvalue weighted by atomic mass is 10.2. The lowest BCUT2D eigenvalue weighted by Gasteiger charge is -2.15. The van der Waals surface area contributed by atoms with Gasteiger partial charge in [0, 0.05) is 14.1 Å². The summed E-state index contributed by atoms with van der Waals surface area (Å²) in [6.45, 7) is -0.335. The van der Waals surface area contributed by atoms with Crippen LogP contribution in [0.2, 0.25) is 10.0 Å². The van der Waals surface area contributed by atoms with Gasteiger partial charge in [0.05, 0.1) is 27.2 Å². The van der Waals surface area contributed by atoms with Crippen molar-refractivity contribution in [2.45, 2.75) is 0 Å². The van der Waals surface area contributed by atoms with E-state index in [1.54, 1.807) is 56.6 Å². The minimum Gasteiger partial charge on any atom is -0.397 e. The number of amides is 1. The van der Waals surface area contributed by atoms with Crippen molar-refractivity contribution in [1.29, 1.82) is 0 Å². The van der Waals surface area contributed by atoms with Crippen LogP contribution < -0.4 is 15.8 Å². The van der Waals surface area contributed by atoms with Crippen LogP contribution in [0.15, 0.2) is 52.4 Å². The molecule has 8 nitrogen and oxygen atoms in total. The number of rotatable bonds is 6. The lowest BCUT2D eigenvalue weighted by molar-refractivity contribution is -0.133. The van der Waals surface area contributed by atoms with E-state index in [9.17, 15) is 9.59 Å². The van der Waals surface area contributed by atoms with E-state index in [2.05, 4.69) is 15.5 Å². The highest BCUT2D eigenvalue weighted by atomic mass is 35.5. The second kappa shape index (κ2) is 8.93. The van der Waals surface area contributed by atoms with Crippen molar-refractivity contribution >= 4 is 52.2 Å². The Labute approximate surface area is 176 Å². The Bertz CT molecular complexity index is 1140. The Balaban J connectivity index is 1.92. The molecule has 0 atom stereocenters. The first kappa shape index (κ1) is 20.6. The number of fused-ring (bicyclic) bond motifs is 1. The second-order valence-corrected chi connectivity index (χ2v) is 6.97. The third-order valence-corrected chi connectivity index (χ3v) is 4.61. The van der Waals surface area contributed by atoms with Gasteiger partial charge in [0.15, 0.2) is 6.61 Å². The van der Waals surface area contributed by atoms with E-state index in [-0.39, 0.29) is 18.5 Å². The lowest BCUT2D eigenvalue weighted by Crippen LogP contribution is -2.36. The molecule has 0 saturated carbocycles. The minimum atomic E-state index is -0.464. The van der Waals surface area contributed by atoms with Gasteiger partial charge in [-0.05, 0) is 29.8 Å². The molecule has 1 heterocycles. The summed E-state index contributed by atoms with van der Waals surface area (Å²) < 4.78 is 0.913. The molecule has 150 valence electrons. The van der Waals surface area contributed by atoms with Crippen molar-refractivity contribution in [2.24, 2.45) is 5.10 Å². The number of carbonyl (C=O) groups excluding carboxylic acids is 1. The molecule has 3 rings (SSSR count). The predicted molar refractivity (Wildman–Crippen MR) is 114 cm³/mol. The molecule has 1 aromatic heterocycles. The van der Waals surface area contributed by atoms with Crippen LogP contribution in [0.25, 0.3) is 10.9 Å². The Morgan fingerprint density at radius 1 is 1.24 bits per heavy atom. The van der Waals surface area contributed by atoms with Gasteiger partial charge in [0.25, 0.3) is 17.4 Å². The van der Waals surface area contributed by atoms with Crippen molar-refractivity contribution in [2.75, 3.05) is 26.1 Å². The number of hydrazone groups is 1. The second-order valence-electron chi connectivity index (χ2n) is 6.16. The fraction of sp³-hybridized carbons (Fsp3) is 0.158. The van der Waals surface area contributed by atoms with E-state index in [1.807, 2.05) is 0 Å². The fourth-order valence-electron chi connectivity index (χ4n) is 2.31. The molecule has 10 heteroatoms. The van der Waals surface area contributed by atoms with Crippen LogP contribution in [-0.2, 0) is 4.79 Å². The van der Waals surface area contributed by atoms with E-state index in [4.69, 9.17) is 28.0 Å². The van der Waals surface area contributed by atoms with E-state index >= 15 is 0 Å². The molecule has 0 saturated heterocycles. The molecular formula is C19H17Cl2N5O3. The molecule has 0 bridgehead atoms. The molecule has 0 aliphatic heterocycles. The Kier molecular flexibility index (Phi) is 6.36. The zero-order valence-corrected chi connectivity index (χ0v) is 17.1. The number of nitrogens with one attached hydrogen (secondary N) is 1. The number of likely N-dealkylation sites (N-methyl/N-ethyl adjacent to an activating group) is 1. The standard InChI is InChI=1S/C19H17Cl2N5O3/c1-25(2)17(27)11-29-26-18(28)13-5-3-4-6-16(13)23-19(26)24-22-10-12-7-8-14(20)15(21)9-12/h3-10H,11H2,1-2H3,(H,23,24)/b22-10+. The van der Waals surface area contributed by atoms with Crippen molar-refractivity contribution < 1.29 is 9.63 Å². The number of aromatic nitrogens is 2. The van der Waals surface area contributed by atoms with Crippen LogP contribution in [0.4, 0.5) is 5.95 Å². The zero-order valence-electron chi connectivity index (χ0n) is 15.6. The van der Waals surface area contributed by atoms with Crippen LogP contribution in [0, 0.1) is 0 Å². The van der Waals surface area contributed by atoms with Gasteiger partial charge in [0.2, 0.25) is 0 Å². The van der Waals surface area contributed by atoms with Crippen LogP contribution in [0.5, 0.6) is 0 Å². The largest absolute Gasteiger partial charge is 0.397 e. The van der Waals surface area contributed by atoms with Crippen LogP contribution >= 0.6 is 23.2 Å². The van der Waals surface area contributed by atoms with Crippen LogP contribution in [0.3, 0.4) is 0 Å². The summed E-state index contributed by atoms with van der Waals surface area (Å²) in [7, 11) is 3.18. The average Bonchev–Trinajstić information content (AvgIpc) is 2.70. The molecular weight excluding hydrogens is 417 g/mol. The third-order valence-electron chi connectivity index (χ3n) is 3.88. The number of anilines is 1. The molecule has 0 unspecified atom stereocenters. The molecule has 0 spiro atoms. The van der Waals surface area contributed by atoms with E-state index in [0.29, 0.717) is 26.5 Å². The summed E-state index contributed by atoms with van der Waals surface area (Å²) in [5.74, 6) is -0.285. The fourth-order valence-corrected chi connectivity index (χ4v) is 2.62. The molecule has 0 radical (unpaired) electrons. The van der Waals surface area contributed by atoms with Gasteiger partial charge in [-0.1, -0.05) is 41.4 Å². The first-order chi connectivity index (χ1) is 13.9.